The minimum atomic E-state index is 0.386. The van der Waals surface area contributed by atoms with Crippen molar-refractivity contribution in [1.82, 2.24) is 10.3 Å². The molecule has 3 heteroatoms. The van der Waals surface area contributed by atoms with Crippen molar-refractivity contribution in [2.45, 2.75) is 52.0 Å². The summed E-state index contributed by atoms with van der Waals surface area (Å²) in [5.41, 5.74) is 1.15. The second-order valence-electron chi connectivity index (χ2n) is 5.64. The highest BCUT2D eigenvalue weighted by atomic mass is 35.5. The maximum absolute atomic E-state index is 5.94. The molecule has 0 aromatic carbocycles. The van der Waals surface area contributed by atoms with Gasteiger partial charge in [-0.05, 0) is 43.4 Å². The zero-order valence-corrected chi connectivity index (χ0v) is 12.8. The van der Waals surface area contributed by atoms with Crippen LogP contribution in [-0.4, -0.2) is 11.5 Å². The molecule has 1 aromatic rings. The highest BCUT2D eigenvalue weighted by Crippen LogP contribution is 2.38. The van der Waals surface area contributed by atoms with Crippen LogP contribution in [0.25, 0.3) is 0 Å². The second kappa shape index (κ2) is 7.25. The summed E-state index contributed by atoms with van der Waals surface area (Å²) in [5, 5.41) is 4.34. The Morgan fingerprint density at radius 3 is 2.84 bits per heavy atom. The molecule has 19 heavy (non-hydrogen) atoms. The first kappa shape index (κ1) is 14.8. The molecular formula is C16H25ClN2. The number of nitrogens with zero attached hydrogens (tertiary/aromatic N) is 1. The average molecular weight is 281 g/mol. The van der Waals surface area contributed by atoms with Gasteiger partial charge in [0.15, 0.2) is 0 Å². The van der Waals surface area contributed by atoms with Crippen LogP contribution in [0.4, 0.5) is 0 Å². The molecular weight excluding hydrogens is 256 g/mol. The van der Waals surface area contributed by atoms with Gasteiger partial charge in [-0.15, -0.1) is 0 Å². The van der Waals surface area contributed by atoms with Crippen molar-refractivity contribution in [3.63, 3.8) is 0 Å². The Morgan fingerprint density at radius 1 is 1.37 bits per heavy atom. The van der Waals surface area contributed by atoms with E-state index < -0.39 is 0 Å². The van der Waals surface area contributed by atoms with Crippen LogP contribution < -0.4 is 5.32 Å². The lowest BCUT2D eigenvalue weighted by molar-refractivity contribution is 0.208. The fourth-order valence-electron chi connectivity index (χ4n) is 3.31. The van der Waals surface area contributed by atoms with E-state index in [2.05, 4.69) is 30.2 Å². The molecule has 3 unspecified atom stereocenters. The van der Waals surface area contributed by atoms with E-state index in [4.69, 9.17) is 11.6 Å². The molecule has 1 aliphatic carbocycles. The van der Waals surface area contributed by atoms with E-state index in [0.717, 1.165) is 18.2 Å². The Balaban J connectivity index is 2.12. The van der Waals surface area contributed by atoms with Gasteiger partial charge in [0.2, 0.25) is 0 Å². The van der Waals surface area contributed by atoms with Crippen molar-refractivity contribution in [3.05, 3.63) is 29.0 Å². The molecule has 3 atom stereocenters. The third kappa shape index (κ3) is 3.93. The summed E-state index contributed by atoms with van der Waals surface area (Å²) in [6.07, 6.45) is 8.49. The normalized spacial score (nSPS) is 25.2. The van der Waals surface area contributed by atoms with Gasteiger partial charge in [-0.1, -0.05) is 44.7 Å². The van der Waals surface area contributed by atoms with Crippen molar-refractivity contribution in [2.24, 2.45) is 11.8 Å². The summed E-state index contributed by atoms with van der Waals surface area (Å²) in [4.78, 5) is 4.53. The van der Waals surface area contributed by atoms with Crippen molar-refractivity contribution in [1.29, 1.82) is 0 Å². The second-order valence-corrected chi connectivity index (χ2v) is 6.07. The summed E-state index contributed by atoms with van der Waals surface area (Å²) in [6.45, 7) is 5.47. The lowest BCUT2D eigenvalue weighted by Crippen LogP contribution is -2.32. The van der Waals surface area contributed by atoms with E-state index in [1.54, 1.807) is 6.20 Å². The minimum Gasteiger partial charge on any atom is -0.309 e. The Bertz CT molecular complexity index is 377. The van der Waals surface area contributed by atoms with E-state index in [0.29, 0.717) is 17.0 Å². The van der Waals surface area contributed by atoms with Crippen LogP contribution in [0.15, 0.2) is 18.3 Å². The van der Waals surface area contributed by atoms with Crippen LogP contribution in [0.2, 0.25) is 5.02 Å². The SMILES string of the molecule is CCNC(c1ccc(Cl)cn1)C1CCCC(CC)C1. The number of halogens is 1. The first-order chi connectivity index (χ1) is 9.24. The fourth-order valence-corrected chi connectivity index (χ4v) is 3.42. The molecule has 1 saturated carbocycles. The van der Waals surface area contributed by atoms with Gasteiger partial charge in [0.25, 0.3) is 0 Å². The van der Waals surface area contributed by atoms with E-state index in [-0.39, 0.29) is 0 Å². The number of hydrogen-bond acceptors (Lipinski definition) is 2. The highest BCUT2D eigenvalue weighted by Gasteiger charge is 2.28. The van der Waals surface area contributed by atoms with Gasteiger partial charge in [0, 0.05) is 6.20 Å². The van der Waals surface area contributed by atoms with Crippen LogP contribution >= 0.6 is 11.6 Å². The maximum Gasteiger partial charge on any atom is 0.0589 e. The summed E-state index contributed by atoms with van der Waals surface area (Å²) in [6, 6.07) is 4.41. The van der Waals surface area contributed by atoms with Crippen molar-refractivity contribution < 1.29 is 0 Å². The maximum atomic E-state index is 5.94. The number of rotatable bonds is 5. The fraction of sp³-hybridized carbons (Fsp3) is 0.688. The summed E-state index contributed by atoms with van der Waals surface area (Å²) < 4.78 is 0. The lowest BCUT2D eigenvalue weighted by Gasteiger charge is -2.34. The minimum absolute atomic E-state index is 0.386. The van der Waals surface area contributed by atoms with Gasteiger partial charge >= 0.3 is 0 Å². The molecule has 2 rings (SSSR count). The van der Waals surface area contributed by atoms with Crippen molar-refractivity contribution in [3.8, 4) is 0 Å². The van der Waals surface area contributed by atoms with Crippen molar-refractivity contribution >= 4 is 11.6 Å². The molecule has 0 saturated heterocycles. The number of aromatic nitrogens is 1. The summed E-state index contributed by atoms with van der Waals surface area (Å²) in [7, 11) is 0. The van der Waals surface area contributed by atoms with Gasteiger partial charge in [0.1, 0.15) is 0 Å². The third-order valence-electron chi connectivity index (χ3n) is 4.37. The van der Waals surface area contributed by atoms with Crippen LogP contribution in [0, 0.1) is 11.8 Å². The van der Waals surface area contributed by atoms with Gasteiger partial charge in [-0.25, -0.2) is 0 Å². The molecule has 1 aromatic heterocycles. The number of nitrogens with one attached hydrogen (secondary N) is 1. The first-order valence-corrected chi connectivity index (χ1v) is 7.97. The monoisotopic (exact) mass is 280 g/mol. The van der Waals surface area contributed by atoms with Crippen LogP contribution in [0.5, 0.6) is 0 Å². The highest BCUT2D eigenvalue weighted by molar-refractivity contribution is 6.30. The molecule has 0 radical (unpaired) electrons. The molecule has 0 bridgehead atoms. The smallest absolute Gasteiger partial charge is 0.0589 e. The molecule has 106 valence electrons. The first-order valence-electron chi connectivity index (χ1n) is 7.59. The molecule has 0 spiro atoms. The van der Waals surface area contributed by atoms with Gasteiger partial charge < -0.3 is 5.32 Å². The van der Waals surface area contributed by atoms with E-state index in [1.165, 1.54) is 32.1 Å². The van der Waals surface area contributed by atoms with Crippen LogP contribution in [-0.2, 0) is 0 Å². The van der Waals surface area contributed by atoms with Gasteiger partial charge in [-0.2, -0.15) is 0 Å². The molecule has 1 aliphatic rings. The van der Waals surface area contributed by atoms with Crippen molar-refractivity contribution in [2.75, 3.05) is 6.54 Å². The predicted molar refractivity (Wildman–Crippen MR) is 81.4 cm³/mol. The zero-order valence-electron chi connectivity index (χ0n) is 12.0. The summed E-state index contributed by atoms with van der Waals surface area (Å²) in [5.74, 6) is 1.61. The van der Waals surface area contributed by atoms with Crippen LogP contribution in [0.3, 0.4) is 0 Å². The van der Waals surface area contributed by atoms with Gasteiger partial charge in [0.05, 0.1) is 16.8 Å². The molecule has 0 amide bonds. The topological polar surface area (TPSA) is 24.9 Å². The molecule has 1 N–H and O–H groups in total. The van der Waals surface area contributed by atoms with E-state index >= 15 is 0 Å². The Hall–Kier alpha value is -0.600. The Kier molecular flexibility index (Phi) is 5.65. The Labute approximate surface area is 122 Å². The molecule has 1 fully saturated rings. The Morgan fingerprint density at radius 2 is 2.21 bits per heavy atom. The quantitative estimate of drug-likeness (QED) is 0.852. The molecule has 1 heterocycles. The largest absolute Gasteiger partial charge is 0.309 e. The van der Waals surface area contributed by atoms with Crippen LogP contribution in [0.1, 0.15) is 57.7 Å². The van der Waals surface area contributed by atoms with E-state index in [9.17, 15) is 0 Å². The number of hydrogen-bond donors (Lipinski definition) is 1. The summed E-state index contributed by atoms with van der Waals surface area (Å²) >= 11 is 5.94. The molecule has 2 nitrogen and oxygen atoms in total. The van der Waals surface area contributed by atoms with E-state index in [1.807, 2.05) is 6.07 Å². The lowest BCUT2D eigenvalue weighted by atomic mass is 9.76. The zero-order chi connectivity index (χ0) is 13.7. The van der Waals surface area contributed by atoms with Gasteiger partial charge in [-0.3, -0.25) is 4.98 Å². The predicted octanol–water partition coefficient (Wildman–Crippen LogP) is 4.60. The standard InChI is InChI=1S/C16H25ClN2/c1-3-12-6-5-7-13(10-12)16(18-4-2)15-9-8-14(17)11-19-15/h8-9,11-13,16,18H,3-7,10H2,1-2H3. The average Bonchev–Trinajstić information content (AvgIpc) is 2.46. The third-order valence-corrected chi connectivity index (χ3v) is 4.59. The molecule has 0 aliphatic heterocycles. The number of pyridine rings is 1.